The van der Waals surface area contributed by atoms with Crippen molar-refractivity contribution in [2.75, 3.05) is 20.6 Å². The van der Waals surface area contributed by atoms with Crippen LogP contribution in [0.4, 0.5) is 0 Å². The van der Waals surface area contributed by atoms with Gasteiger partial charge in [0.2, 0.25) is 0 Å². The van der Waals surface area contributed by atoms with Crippen LogP contribution in [0, 0.1) is 19.8 Å². The fraction of sp³-hybridized carbons (Fsp3) is 0.478. The number of nitrogens with zero attached hydrogens (tertiary/aromatic N) is 2. The molecule has 1 aromatic carbocycles. The normalized spacial score (nSPS) is 12.3. The maximum Gasteiger partial charge on any atom is 0.251 e. The van der Waals surface area contributed by atoms with Crippen molar-refractivity contribution in [3.63, 3.8) is 0 Å². The molecule has 2 rings (SSSR count). The molecule has 0 radical (unpaired) electrons. The van der Waals surface area contributed by atoms with E-state index in [9.17, 15) is 4.79 Å². The Kier molecular flexibility index (Phi) is 8.00. The number of aryl methyl sites for hydroxylation is 2. The first-order valence-corrected chi connectivity index (χ1v) is 9.84. The average molecular weight is 384 g/mol. The second-order valence-corrected chi connectivity index (χ2v) is 8.15. The highest BCUT2D eigenvalue weighted by atomic mass is 16.5. The molecule has 0 aliphatic heterocycles. The quantitative estimate of drug-likeness (QED) is 0.711. The third-order valence-corrected chi connectivity index (χ3v) is 4.51. The minimum absolute atomic E-state index is 0.0301. The molecule has 2 aromatic rings. The molecule has 0 saturated heterocycles. The lowest BCUT2D eigenvalue weighted by Gasteiger charge is -2.24. The SMILES string of the molecule is Cc1cc(C(=O)NC(CC(C)C)CN(C)C)cc(C)c1OCc1cccnc1. The summed E-state index contributed by atoms with van der Waals surface area (Å²) >= 11 is 0. The molecule has 0 fully saturated rings. The van der Waals surface area contributed by atoms with Gasteiger partial charge in [0.05, 0.1) is 0 Å². The van der Waals surface area contributed by atoms with Crippen molar-refractivity contribution in [3.8, 4) is 5.75 Å². The molecular weight excluding hydrogens is 350 g/mol. The zero-order chi connectivity index (χ0) is 20.7. The average Bonchev–Trinajstić information content (AvgIpc) is 2.60. The van der Waals surface area contributed by atoms with E-state index in [-0.39, 0.29) is 11.9 Å². The summed E-state index contributed by atoms with van der Waals surface area (Å²) in [6, 6.07) is 7.82. The van der Waals surface area contributed by atoms with Crippen LogP contribution in [0.25, 0.3) is 0 Å². The number of ether oxygens (including phenoxy) is 1. The van der Waals surface area contributed by atoms with E-state index < -0.39 is 0 Å². The zero-order valence-electron chi connectivity index (χ0n) is 18.0. The second kappa shape index (κ2) is 10.2. The van der Waals surface area contributed by atoms with Crippen LogP contribution in [0.1, 0.15) is 47.3 Å². The summed E-state index contributed by atoms with van der Waals surface area (Å²) in [5.41, 5.74) is 3.61. The topological polar surface area (TPSA) is 54.5 Å². The van der Waals surface area contributed by atoms with Crippen LogP contribution < -0.4 is 10.1 Å². The van der Waals surface area contributed by atoms with E-state index in [4.69, 9.17) is 4.74 Å². The van der Waals surface area contributed by atoms with Crippen molar-refractivity contribution in [1.29, 1.82) is 0 Å². The fourth-order valence-electron chi connectivity index (χ4n) is 3.41. The van der Waals surface area contributed by atoms with E-state index in [1.54, 1.807) is 12.4 Å². The standard InChI is InChI=1S/C23H33N3O2/c1-16(2)10-21(14-26(5)6)25-23(27)20-11-17(3)22(18(4)12-20)28-15-19-8-7-9-24-13-19/h7-9,11-13,16,21H,10,14-15H2,1-6H3,(H,25,27). The van der Waals surface area contributed by atoms with Gasteiger partial charge in [0, 0.05) is 36.1 Å². The summed E-state index contributed by atoms with van der Waals surface area (Å²) in [6.07, 6.45) is 4.50. The van der Waals surface area contributed by atoms with Gasteiger partial charge in [-0.2, -0.15) is 0 Å². The minimum Gasteiger partial charge on any atom is -0.488 e. The van der Waals surface area contributed by atoms with Crippen molar-refractivity contribution < 1.29 is 9.53 Å². The Hall–Kier alpha value is -2.40. The fourth-order valence-corrected chi connectivity index (χ4v) is 3.41. The van der Waals surface area contributed by atoms with Crippen LogP contribution in [-0.4, -0.2) is 42.5 Å². The molecule has 5 heteroatoms. The van der Waals surface area contributed by atoms with Gasteiger partial charge in [-0.05, 0) is 69.6 Å². The van der Waals surface area contributed by atoms with Crippen LogP contribution in [0.5, 0.6) is 5.75 Å². The van der Waals surface area contributed by atoms with Crippen molar-refractivity contribution >= 4 is 5.91 Å². The summed E-state index contributed by atoms with van der Waals surface area (Å²) in [7, 11) is 4.06. The Labute approximate surface area is 169 Å². The third-order valence-electron chi connectivity index (χ3n) is 4.51. The van der Waals surface area contributed by atoms with Gasteiger partial charge in [-0.25, -0.2) is 0 Å². The summed E-state index contributed by atoms with van der Waals surface area (Å²) in [5.74, 6) is 1.32. The molecule has 5 nitrogen and oxygen atoms in total. The highest BCUT2D eigenvalue weighted by Gasteiger charge is 2.18. The molecule has 1 heterocycles. The van der Waals surface area contributed by atoms with Gasteiger partial charge in [-0.3, -0.25) is 9.78 Å². The lowest BCUT2D eigenvalue weighted by atomic mass is 10.0. The minimum atomic E-state index is -0.0301. The molecule has 1 atom stereocenters. The number of benzene rings is 1. The lowest BCUT2D eigenvalue weighted by Crippen LogP contribution is -2.42. The highest BCUT2D eigenvalue weighted by molar-refractivity contribution is 5.95. The van der Waals surface area contributed by atoms with E-state index in [0.717, 1.165) is 35.4 Å². The number of likely N-dealkylation sites (N-methyl/N-ethyl adjacent to an activating group) is 1. The number of hydrogen-bond acceptors (Lipinski definition) is 4. The van der Waals surface area contributed by atoms with Gasteiger partial charge in [0.15, 0.2) is 0 Å². The number of rotatable bonds is 9. The van der Waals surface area contributed by atoms with Crippen LogP contribution in [0.2, 0.25) is 0 Å². The van der Waals surface area contributed by atoms with Crippen molar-refractivity contribution in [3.05, 3.63) is 58.9 Å². The van der Waals surface area contributed by atoms with Crippen molar-refractivity contribution in [2.45, 2.75) is 46.8 Å². The highest BCUT2D eigenvalue weighted by Crippen LogP contribution is 2.26. The van der Waals surface area contributed by atoms with Crippen LogP contribution in [0.3, 0.4) is 0 Å². The lowest BCUT2D eigenvalue weighted by molar-refractivity contribution is 0.0924. The summed E-state index contributed by atoms with van der Waals surface area (Å²) in [4.78, 5) is 19.1. The maximum absolute atomic E-state index is 12.8. The van der Waals surface area contributed by atoms with Crippen LogP contribution in [-0.2, 0) is 6.61 Å². The Morgan fingerprint density at radius 3 is 2.43 bits per heavy atom. The zero-order valence-corrected chi connectivity index (χ0v) is 18.0. The molecule has 1 amide bonds. The number of nitrogens with one attached hydrogen (secondary N) is 1. The first-order valence-electron chi connectivity index (χ1n) is 9.84. The maximum atomic E-state index is 12.8. The van der Waals surface area contributed by atoms with Gasteiger partial charge in [-0.1, -0.05) is 19.9 Å². The number of carbonyl (C=O) groups excluding carboxylic acids is 1. The molecule has 0 saturated carbocycles. The predicted molar refractivity (Wildman–Crippen MR) is 114 cm³/mol. The Balaban J connectivity index is 2.10. The van der Waals surface area contributed by atoms with E-state index in [1.807, 2.05) is 52.2 Å². The molecule has 1 unspecified atom stereocenters. The van der Waals surface area contributed by atoms with E-state index in [0.29, 0.717) is 18.1 Å². The predicted octanol–water partition coefficient (Wildman–Crippen LogP) is 3.98. The molecule has 1 aromatic heterocycles. The number of aromatic nitrogens is 1. The van der Waals surface area contributed by atoms with Crippen molar-refractivity contribution in [1.82, 2.24) is 15.2 Å². The molecule has 0 aliphatic rings. The monoisotopic (exact) mass is 383 g/mol. The van der Waals surface area contributed by atoms with Crippen LogP contribution >= 0.6 is 0 Å². The summed E-state index contributed by atoms with van der Waals surface area (Å²) in [6.45, 7) is 9.60. The number of amides is 1. The third kappa shape index (κ3) is 6.64. The molecule has 1 N–H and O–H groups in total. The van der Waals surface area contributed by atoms with Gasteiger partial charge in [0.1, 0.15) is 12.4 Å². The first-order chi connectivity index (χ1) is 13.3. The van der Waals surface area contributed by atoms with E-state index in [2.05, 4.69) is 29.0 Å². The molecule has 0 bridgehead atoms. The van der Waals surface area contributed by atoms with Gasteiger partial charge < -0.3 is 15.0 Å². The first kappa shape index (κ1) is 21.9. The molecular formula is C23H33N3O2. The Bertz CT molecular complexity index is 740. The van der Waals surface area contributed by atoms with Gasteiger partial charge in [0.25, 0.3) is 5.91 Å². The van der Waals surface area contributed by atoms with Crippen molar-refractivity contribution in [2.24, 2.45) is 5.92 Å². The number of hydrogen-bond donors (Lipinski definition) is 1. The van der Waals surface area contributed by atoms with Gasteiger partial charge in [-0.15, -0.1) is 0 Å². The van der Waals surface area contributed by atoms with E-state index >= 15 is 0 Å². The van der Waals surface area contributed by atoms with E-state index in [1.165, 1.54) is 0 Å². The summed E-state index contributed by atoms with van der Waals surface area (Å²) < 4.78 is 6.00. The second-order valence-electron chi connectivity index (χ2n) is 8.15. The summed E-state index contributed by atoms with van der Waals surface area (Å²) in [5, 5.41) is 3.20. The van der Waals surface area contributed by atoms with Gasteiger partial charge >= 0.3 is 0 Å². The van der Waals surface area contributed by atoms with Crippen LogP contribution in [0.15, 0.2) is 36.7 Å². The Morgan fingerprint density at radius 1 is 1.21 bits per heavy atom. The molecule has 152 valence electrons. The largest absolute Gasteiger partial charge is 0.488 e. The number of carbonyl (C=O) groups is 1. The molecule has 28 heavy (non-hydrogen) atoms. The molecule has 0 spiro atoms. The number of pyridine rings is 1. The smallest absolute Gasteiger partial charge is 0.251 e. The molecule has 0 aliphatic carbocycles. The Morgan fingerprint density at radius 2 is 1.89 bits per heavy atom.